The summed E-state index contributed by atoms with van der Waals surface area (Å²) in [5.74, 6) is 0.369. The Hall–Kier alpha value is -0.120. The minimum absolute atomic E-state index is 0.197. The van der Waals surface area contributed by atoms with E-state index < -0.39 is 0 Å². The number of nitrogens with one attached hydrogen (secondary N) is 1. The molecule has 1 fully saturated rings. The van der Waals surface area contributed by atoms with Crippen molar-refractivity contribution < 1.29 is 9.84 Å². The topological polar surface area (TPSA) is 41.5 Å². The maximum Gasteiger partial charge on any atom is 0.0699 e. The molecule has 12 heavy (non-hydrogen) atoms. The zero-order valence-corrected chi connectivity index (χ0v) is 7.92. The molecule has 0 aliphatic carbocycles. The van der Waals surface area contributed by atoms with Gasteiger partial charge in [-0.05, 0) is 32.2 Å². The van der Waals surface area contributed by atoms with Crippen molar-refractivity contribution in [2.45, 2.75) is 31.9 Å². The van der Waals surface area contributed by atoms with Crippen LogP contribution in [0.4, 0.5) is 0 Å². The summed E-state index contributed by atoms with van der Waals surface area (Å²) in [6, 6.07) is 0.328. The predicted molar refractivity (Wildman–Crippen MR) is 48.1 cm³/mol. The molecule has 3 nitrogen and oxygen atoms in total. The van der Waals surface area contributed by atoms with Gasteiger partial charge >= 0.3 is 0 Å². The molecule has 0 bridgehead atoms. The van der Waals surface area contributed by atoms with E-state index in [2.05, 4.69) is 5.32 Å². The van der Waals surface area contributed by atoms with Gasteiger partial charge in [-0.25, -0.2) is 0 Å². The second kappa shape index (κ2) is 4.80. The van der Waals surface area contributed by atoms with Gasteiger partial charge in [0.15, 0.2) is 0 Å². The largest absolute Gasteiger partial charge is 0.396 e. The molecule has 1 heterocycles. The maximum absolute atomic E-state index is 9.11. The zero-order chi connectivity index (χ0) is 8.97. The van der Waals surface area contributed by atoms with Crippen LogP contribution >= 0.6 is 0 Å². The Bertz CT molecular complexity index is 130. The Morgan fingerprint density at radius 2 is 2.42 bits per heavy atom. The third kappa shape index (κ3) is 2.19. The number of aliphatic hydroxyl groups is 1. The van der Waals surface area contributed by atoms with E-state index in [0.717, 1.165) is 19.4 Å². The maximum atomic E-state index is 9.11. The van der Waals surface area contributed by atoms with E-state index in [4.69, 9.17) is 9.84 Å². The molecule has 3 heteroatoms. The highest BCUT2D eigenvalue weighted by Crippen LogP contribution is 2.19. The molecule has 72 valence electrons. The highest BCUT2D eigenvalue weighted by Gasteiger charge is 2.28. The number of hydrogen-bond acceptors (Lipinski definition) is 3. The van der Waals surface area contributed by atoms with Crippen molar-refractivity contribution in [1.29, 1.82) is 0 Å². The molecule has 0 aromatic heterocycles. The van der Waals surface area contributed by atoms with Crippen molar-refractivity contribution in [3.05, 3.63) is 0 Å². The standard InChI is InChI=1S/C9H19NO2/c1-7(12-2)9-8(6-11)4-3-5-10-9/h7-11H,3-6H2,1-2H3. The van der Waals surface area contributed by atoms with Gasteiger partial charge in [-0.1, -0.05) is 0 Å². The molecule has 0 spiro atoms. The van der Waals surface area contributed by atoms with Gasteiger partial charge in [0.2, 0.25) is 0 Å². The van der Waals surface area contributed by atoms with Crippen LogP contribution < -0.4 is 5.32 Å². The number of ether oxygens (including phenoxy) is 1. The van der Waals surface area contributed by atoms with Gasteiger partial charge in [0.25, 0.3) is 0 Å². The van der Waals surface area contributed by atoms with Gasteiger partial charge in [0.1, 0.15) is 0 Å². The molecule has 0 radical (unpaired) electrons. The fraction of sp³-hybridized carbons (Fsp3) is 1.00. The van der Waals surface area contributed by atoms with E-state index in [-0.39, 0.29) is 12.7 Å². The van der Waals surface area contributed by atoms with Crippen molar-refractivity contribution in [3.8, 4) is 0 Å². The second-order valence-corrected chi connectivity index (χ2v) is 3.51. The van der Waals surface area contributed by atoms with Crippen LogP contribution in [0.3, 0.4) is 0 Å². The predicted octanol–water partition coefficient (Wildman–Crippen LogP) is 0.382. The average molecular weight is 173 g/mol. The van der Waals surface area contributed by atoms with E-state index in [1.807, 2.05) is 6.92 Å². The number of piperidine rings is 1. The van der Waals surface area contributed by atoms with Crippen LogP contribution in [0.2, 0.25) is 0 Å². The number of hydrogen-bond donors (Lipinski definition) is 2. The summed E-state index contributed by atoms with van der Waals surface area (Å²) in [6.45, 7) is 3.37. The van der Waals surface area contributed by atoms with E-state index in [1.54, 1.807) is 7.11 Å². The molecule has 0 aromatic rings. The van der Waals surface area contributed by atoms with Gasteiger partial charge in [0.05, 0.1) is 6.10 Å². The van der Waals surface area contributed by atoms with Crippen molar-refractivity contribution in [3.63, 3.8) is 0 Å². The fourth-order valence-electron chi connectivity index (χ4n) is 1.88. The number of methoxy groups -OCH3 is 1. The monoisotopic (exact) mass is 173 g/mol. The highest BCUT2D eigenvalue weighted by molar-refractivity contribution is 4.84. The first-order valence-corrected chi connectivity index (χ1v) is 4.66. The van der Waals surface area contributed by atoms with Crippen molar-refractivity contribution in [2.75, 3.05) is 20.3 Å². The number of rotatable bonds is 3. The number of aliphatic hydroxyl groups excluding tert-OH is 1. The quantitative estimate of drug-likeness (QED) is 0.648. The molecule has 0 saturated carbocycles. The minimum Gasteiger partial charge on any atom is -0.396 e. The minimum atomic E-state index is 0.197. The summed E-state index contributed by atoms with van der Waals surface area (Å²) in [7, 11) is 1.72. The summed E-state index contributed by atoms with van der Waals surface area (Å²) >= 11 is 0. The third-order valence-electron chi connectivity index (χ3n) is 2.75. The lowest BCUT2D eigenvalue weighted by molar-refractivity contribution is 0.0326. The smallest absolute Gasteiger partial charge is 0.0699 e. The van der Waals surface area contributed by atoms with E-state index >= 15 is 0 Å². The first-order valence-electron chi connectivity index (χ1n) is 4.66. The normalized spacial score (nSPS) is 33.2. The van der Waals surface area contributed by atoms with E-state index in [0.29, 0.717) is 12.0 Å². The fourth-order valence-corrected chi connectivity index (χ4v) is 1.88. The molecule has 3 atom stereocenters. The van der Waals surface area contributed by atoms with Gasteiger partial charge in [-0.15, -0.1) is 0 Å². The first kappa shape index (κ1) is 9.96. The van der Waals surface area contributed by atoms with Crippen LogP contribution in [0.1, 0.15) is 19.8 Å². The van der Waals surface area contributed by atoms with Crippen LogP contribution in [0.5, 0.6) is 0 Å². The van der Waals surface area contributed by atoms with Gasteiger partial charge < -0.3 is 15.2 Å². The second-order valence-electron chi connectivity index (χ2n) is 3.51. The van der Waals surface area contributed by atoms with Gasteiger partial charge in [0, 0.05) is 19.8 Å². The highest BCUT2D eigenvalue weighted by atomic mass is 16.5. The third-order valence-corrected chi connectivity index (χ3v) is 2.75. The molecule has 0 amide bonds. The van der Waals surface area contributed by atoms with Gasteiger partial charge in [-0.2, -0.15) is 0 Å². The lowest BCUT2D eigenvalue weighted by Gasteiger charge is -2.34. The summed E-state index contributed by atoms with van der Waals surface area (Å²) in [5.41, 5.74) is 0. The molecule has 1 rings (SSSR count). The SMILES string of the molecule is COC(C)C1NCCCC1CO. The van der Waals surface area contributed by atoms with Gasteiger partial charge in [-0.3, -0.25) is 0 Å². The van der Waals surface area contributed by atoms with Crippen LogP contribution in [-0.4, -0.2) is 37.5 Å². The molecular formula is C9H19NO2. The zero-order valence-electron chi connectivity index (χ0n) is 7.92. The molecule has 1 aliphatic rings. The Kier molecular flexibility index (Phi) is 3.98. The van der Waals surface area contributed by atoms with Crippen molar-refractivity contribution in [2.24, 2.45) is 5.92 Å². The lowest BCUT2D eigenvalue weighted by Crippen LogP contribution is -2.49. The molecule has 0 aromatic carbocycles. The van der Waals surface area contributed by atoms with Crippen LogP contribution in [0.25, 0.3) is 0 Å². The molecule has 1 aliphatic heterocycles. The van der Waals surface area contributed by atoms with Crippen LogP contribution in [0, 0.1) is 5.92 Å². The van der Waals surface area contributed by atoms with Crippen LogP contribution in [0.15, 0.2) is 0 Å². The lowest BCUT2D eigenvalue weighted by atomic mass is 9.88. The Balaban J connectivity index is 2.46. The van der Waals surface area contributed by atoms with E-state index in [9.17, 15) is 0 Å². The molecular weight excluding hydrogens is 154 g/mol. The van der Waals surface area contributed by atoms with Crippen molar-refractivity contribution in [1.82, 2.24) is 5.32 Å². The summed E-state index contributed by atoms with van der Waals surface area (Å²) in [5, 5.41) is 12.5. The summed E-state index contributed by atoms with van der Waals surface area (Å²) < 4.78 is 5.25. The Labute approximate surface area is 74.1 Å². The summed E-state index contributed by atoms with van der Waals surface area (Å²) in [6.07, 6.45) is 2.47. The Morgan fingerprint density at radius 1 is 1.67 bits per heavy atom. The van der Waals surface area contributed by atoms with Crippen LogP contribution in [-0.2, 0) is 4.74 Å². The summed E-state index contributed by atoms with van der Waals surface area (Å²) in [4.78, 5) is 0. The molecule has 2 N–H and O–H groups in total. The van der Waals surface area contributed by atoms with E-state index in [1.165, 1.54) is 0 Å². The Morgan fingerprint density at radius 3 is 3.00 bits per heavy atom. The molecule has 3 unspecified atom stereocenters. The molecule has 1 saturated heterocycles. The first-order chi connectivity index (χ1) is 5.79. The average Bonchev–Trinajstić information content (AvgIpc) is 2.16. The van der Waals surface area contributed by atoms with Crippen molar-refractivity contribution >= 4 is 0 Å².